The Morgan fingerprint density at radius 3 is 1.96 bits per heavy atom. The highest BCUT2D eigenvalue weighted by molar-refractivity contribution is 6.08. The minimum absolute atomic E-state index is 0.127. The van der Waals surface area contributed by atoms with Crippen molar-refractivity contribution in [2.45, 2.75) is 38.5 Å². The van der Waals surface area contributed by atoms with Gasteiger partial charge < -0.3 is 9.47 Å². The molecule has 0 bridgehead atoms. The van der Waals surface area contributed by atoms with Crippen LogP contribution in [0.1, 0.15) is 49.9 Å². The molecule has 0 N–H and O–H groups in total. The second-order valence-electron chi connectivity index (χ2n) is 16.6. The Bertz CT molecular complexity index is 2990. The summed E-state index contributed by atoms with van der Waals surface area (Å²) in [6.07, 6.45) is 9.49. The Kier molecular flexibility index (Phi) is 6.98. The number of allylic oxidation sites excluding steroid dienone is 1. The van der Waals surface area contributed by atoms with E-state index in [1.54, 1.807) is 0 Å². The van der Waals surface area contributed by atoms with Gasteiger partial charge in [-0.05, 0) is 115 Å². The van der Waals surface area contributed by atoms with Crippen LogP contribution in [0.25, 0.3) is 56.8 Å². The van der Waals surface area contributed by atoms with Crippen molar-refractivity contribution in [1.29, 1.82) is 0 Å². The van der Waals surface area contributed by atoms with E-state index in [1.165, 1.54) is 82.9 Å². The lowest BCUT2D eigenvalue weighted by molar-refractivity contribution is 0.660. The van der Waals surface area contributed by atoms with Gasteiger partial charge in [-0.2, -0.15) is 0 Å². The van der Waals surface area contributed by atoms with Crippen molar-refractivity contribution < 1.29 is 0 Å². The average molecular weight is 719 g/mol. The molecule has 0 amide bonds. The lowest BCUT2D eigenvalue weighted by Crippen LogP contribution is -2.31. The largest absolute Gasteiger partial charge is 0.323 e. The summed E-state index contributed by atoms with van der Waals surface area (Å²) >= 11 is 0. The summed E-state index contributed by atoms with van der Waals surface area (Å²) in [6.45, 7) is 9.61. The van der Waals surface area contributed by atoms with Crippen LogP contribution in [0.4, 0.5) is 17.1 Å². The van der Waals surface area contributed by atoms with Crippen molar-refractivity contribution in [1.82, 2.24) is 4.57 Å². The summed E-state index contributed by atoms with van der Waals surface area (Å²) in [5, 5.41) is 2.64. The first kappa shape index (κ1) is 32.8. The zero-order valence-electron chi connectivity index (χ0n) is 32.2. The van der Waals surface area contributed by atoms with Gasteiger partial charge in [-0.1, -0.05) is 143 Å². The van der Waals surface area contributed by atoms with Gasteiger partial charge in [0.25, 0.3) is 0 Å². The second-order valence-corrected chi connectivity index (χ2v) is 16.6. The van der Waals surface area contributed by atoms with Crippen molar-refractivity contribution in [2.24, 2.45) is 0 Å². The van der Waals surface area contributed by atoms with Gasteiger partial charge in [-0.3, -0.25) is 0 Å². The monoisotopic (exact) mass is 718 g/mol. The van der Waals surface area contributed by atoms with E-state index in [-0.39, 0.29) is 10.8 Å². The van der Waals surface area contributed by atoms with E-state index in [1.807, 2.05) is 0 Å². The zero-order valence-corrected chi connectivity index (χ0v) is 32.2. The van der Waals surface area contributed by atoms with E-state index in [0.717, 1.165) is 17.1 Å². The van der Waals surface area contributed by atoms with Crippen LogP contribution in [0, 0.1) is 0 Å². The van der Waals surface area contributed by atoms with Crippen molar-refractivity contribution in [3.63, 3.8) is 0 Å². The van der Waals surface area contributed by atoms with Gasteiger partial charge in [0.05, 0.1) is 5.69 Å². The molecule has 2 heteroatoms. The van der Waals surface area contributed by atoms with Crippen molar-refractivity contribution in [3.8, 4) is 39.1 Å². The van der Waals surface area contributed by atoms with Gasteiger partial charge >= 0.3 is 0 Å². The van der Waals surface area contributed by atoms with Crippen molar-refractivity contribution in [3.05, 3.63) is 208 Å². The minimum atomic E-state index is -0.265. The van der Waals surface area contributed by atoms with E-state index in [2.05, 4.69) is 219 Å². The number of hydrogen-bond donors (Lipinski definition) is 0. The van der Waals surface area contributed by atoms with Crippen molar-refractivity contribution in [2.75, 3.05) is 4.90 Å². The summed E-state index contributed by atoms with van der Waals surface area (Å²) in [5.74, 6) is 0. The Labute approximate surface area is 329 Å². The number of pyridine rings is 1. The van der Waals surface area contributed by atoms with Gasteiger partial charge in [0.15, 0.2) is 0 Å². The SMILES string of the molecule is CC1(C)C2=c3ccccc3=CC2=Cc2c(N(c3ccc(-c4ccccc4)cc3)c3ccc4c(c3)C(C)(C)c3ccccc3-4)c3ccn(-c4ccccc4)cc-3c21. The molecule has 6 aromatic rings. The van der Waals surface area contributed by atoms with Gasteiger partial charge in [0, 0.05) is 57.0 Å². The number of hydrogen-bond acceptors (Lipinski definition) is 1. The fourth-order valence-corrected chi connectivity index (χ4v) is 10.1. The second kappa shape index (κ2) is 11.9. The molecule has 0 spiro atoms. The molecule has 6 aromatic carbocycles. The van der Waals surface area contributed by atoms with Crippen LogP contribution < -0.4 is 15.3 Å². The van der Waals surface area contributed by atoms with Crippen LogP contribution in [0.5, 0.6) is 0 Å². The molecule has 1 aliphatic heterocycles. The van der Waals surface area contributed by atoms with Gasteiger partial charge in [-0.15, -0.1) is 0 Å². The summed E-state index contributed by atoms with van der Waals surface area (Å²) in [6, 6.07) is 57.9. The highest BCUT2D eigenvalue weighted by atomic mass is 15.2. The molecular formula is C54H42N2. The Morgan fingerprint density at radius 1 is 0.500 bits per heavy atom. The molecule has 4 aliphatic carbocycles. The summed E-state index contributed by atoms with van der Waals surface area (Å²) < 4.78 is 2.29. The van der Waals surface area contributed by atoms with Crippen LogP contribution in [0.3, 0.4) is 0 Å². The minimum Gasteiger partial charge on any atom is -0.323 e. The lowest BCUT2D eigenvalue weighted by atomic mass is 9.69. The zero-order chi connectivity index (χ0) is 37.8. The van der Waals surface area contributed by atoms with Crippen LogP contribution in [0.2, 0.25) is 0 Å². The molecule has 5 aliphatic rings. The maximum absolute atomic E-state index is 2.54. The molecule has 0 saturated carbocycles. The van der Waals surface area contributed by atoms with E-state index in [0.29, 0.717) is 0 Å². The molecule has 0 radical (unpaired) electrons. The van der Waals surface area contributed by atoms with Crippen molar-refractivity contribution >= 4 is 34.8 Å². The topological polar surface area (TPSA) is 8.17 Å². The molecule has 268 valence electrons. The normalized spacial score (nSPS) is 15.3. The van der Waals surface area contributed by atoms with Crippen LogP contribution >= 0.6 is 0 Å². The summed E-state index contributed by atoms with van der Waals surface area (Å²) in [5.41, 5.74) is 20.0. The Morgan fingerprint density at radius 2 is 1.16 bits per heavy atom. The molecular weight excluding hydrogens is 677 g/mol. The lowest BCUT2D eigenvalue weighted by Gasteiger charge is -2.34. The Balaban J connectivity index is 1.21. The first-order valence-corrected chi connectivity index (χ1v) is 19.8. The summed E-state index contributed by atoms with van der Waals surface area (Å²) in [4.78, 5) is 2.54. The number of fused-ring (bicyclic) bond motifs is 8. The molecule has 0 unspecified atom stereocenters. The number of rotatable bonds is 5. The van der Waals surface area contributed by atoms with Crippen LogP contribution in [-0.2, 0) is 10.8 Å². The number of nitrogens with zero attached hydrogens (tertiary/aromatic N) is 2. The molecule has 56 heavy (non-hydrogen) atoms. The quantitative estimate of drug-likeness (QED) is 0.172. The van der Waals surface area contributed by atoms with Gasteiger partial charge in [0.2, 0.25) is 0 Å². The molecule has 0 atom stereocenters. The number of benzene rings is 6. The summed E-state index contributed by atoms with van der Waals surface area (Å²) in [7, 11) is 0. The maximum atomic E-state index is 2.54. The Hall–Kier alpha value is -6.64. The number of para-hydroxylation sites is 1. The predicted molar refractivity (Wildman–Crippen MR) is 235 cm³/mol. The third-order valence-corrected chi connectivity index (χ3v) is 12.7. The third kappa shape index (κ3) is 4.69. The van der Waals surface area contributed by atoms with Crippen LogP contribution in [0.15, 0.2) is 176 Å². The molecule has 1 heterocycles. The standard InChI is InChI=1S/C54H42N2/c1-53(2)48-22-14-13-21-43(48)44-28-27-41(33-49(44)53)56(40-25-23-36(24-26-40)35-15-7-5-8-16-35)52-45-29-30-55(39-18-9-6-10-19-39)34-47(45)51-46(52)32-38-31-37-17-11-12-20-42(37)50(38)54(51,3)4/h5-34H,1-4H3. The average Bonchev–Trinajstić information content (AvgIpc) is 3.85. The van der Waals surface area contributed by atoms with E-state index >= 15 is 0 Å². The molecule has 0 aromatic heterocycles. The first-order chi connectivity index (χ1) is 27.3. The van der Waals surface area contributed by atoms with Gasteiger partial charge in [0.1, 0.15) is 0 Å². The predicted octanol–water partition coefficient (Wildman–Crippen LogP) is 12.3. The van der Waals surface area contributed by atoms with E-state index in [9.17, 15) is 0 Å². The highest BCUT2D eigenvalue weighted by Crippen LogP contribution is 2.58. The molecule has 11 rings (SSSR count). The highest BCUT2D eigenvalue weighted by Gasteiger charge is 2.43. The van der Waals surface area contributed by atoms with Gasteiger partial charge in [-0.25, -0.2) is 0 Å². The maximum Gasteiger partial charge on any atom is 0.0617 e. The smallest absolute Gasteiger partial charge is 0.0617 e. The number of anilines is 3. The first-order valence-electron chi connectivity index (χ1n) is 19.8. The molecule has 0 saturated heterocycles. The fourth-order valence-electron chi connectivity index (χ4n) is 10.1. The fraction of sp³-hybridized carbons (Fsp3) is 0.111. The third-order valence-electron chi connectivity index (χ3n) is 12.7. The van der Waals surface area contributed by atoms with E-state index < -0.39 is 0 Å². The van der Waals surface area contributed by atoms with Crippen LogP contribution in [-0.4, -0.2) is 4.57 Å². The van der Waals surface area contributed by atoms with E-state index in [4.69, 9.17) is 0 Å². The molecule has 0 fully saturated rings. The number of aromatic nitrogens is 1. The molecule has 2 nitrogen and oxygen atoms in total.